The van der Waals surface area contributed by atoms with Crippen LogP contribution >= 0.6 is 0 Å². The molecule has 28 heavy (non-hydrogen) atoms. The highest BCUT2D eigenvalue weighted by Crippen LogP contribution is 2.38. The number of hydrogen-bond donors (Lipinski definition) is 3. The Morgan fingerprint density at radius 3 is 2.96 bits per heavy atom. The van der Waals surface area contributed by atoms with E-state index in [9.17, 15) is 9.59 Å². The number of rotatable bonds is 6. The van der Waals surface area contributed by atoms with Crippen LogP contribution in [0.25, 0.3) is 0 Å². The number of ether oxygens (including phenoxy) is 1. The van der Waals surface area contributed by atoms with E-state index in [1.807, 2.05) is 0 Å². The van der Waals surface area contributed by atoms with Gasteiger partial charge in [-0.25, -0.2) is 4.98 Å². The van der Waals surface area contributed by atoms with Crippen molar-refractivity contribution in [2.45, 2.75) is 56.5 Å². The average Bonchev–Trinajstić information content (AvgIpc) is 3.36. The van der Waals surface area contributed by atoms with Crippen molar-refractivity contribution in [1.29, 1.82) is 0 Å². The van der Waals surface area contributed by atoms with Crippen LogP contribution in [-0.4, -0.2) is 71.1 Å². The molecule has 1 aromatic heterocycles. The maximum Gasteiger partial charge on any atom is 0.240 e. The van der Waals surface area contributed by atoms with Crippen LogP contribution in [0.15, 0.2) is 12.4 Å². The highest BCUT2D eigenvalue weighted by Gasteiger charge is 2.52. The van der Waals surface area contributed by atoms with Gasteiger partial charge in [0, 0.05) is 57.1 Å². The lowest BCUT2D eigenvalue weighted by Crippen LogP contribution is -2.57. The molecule has 3 aliphatic heterocycles. The van der Waals surface area contributed by atoms with E-state index in [1.165, 1.54) is 0 Å². The monoisotopic (exact) mass is 389 g/mol. The number of nitrogens with one attached hydrogen (secondary N) is 3. The SMILES string of the molecule is O=C(N[C@@H]1CN2CCCC[C@@]2(C(=O)NCCc2ncc[nH]2)C1)C1CCOCC1. The Bertz CT molecular complexity index is 673. The largest absolute Gasteiger partial charge is 0.381 e. The fraction of sp³-hybridized carbons (Fsp3) is 0.750. The first-order valence-corrected chi connectivity index (χ1v) is 10.6. The number of H-pyrrole nitrogens is 1. The van der Waals surface area contributed by atoms with Gasteiger partial charge in [0.15, 0.2) is 0 Å². The summed E-state index contributed by atoms with van der Waals surface area (Å²) >= 11 is 0. The van der Waals surface area contributed by atoms with Gasteiger partial charge in [-0.2, -0.15) is 0 Å². The molecule has 0 spiro atoms. The smallest absolute Gasteiger partial charge is 0.240 e. The second kappa shape index (κ2) is 8.61. The quantitative estimate of drug-likeness (QED) is 0.662. The number of nitrogens with zero attached hydrogens (tertiary/aromatic N) is 2. The van der Waals surface area contributed by atoms with Crippen molar-refractivity contribution in [3.8, 4) is 0 Å². The summed E-state index contributed by atoms with van der Waals surface area (Å²) in [5.41, 5.74) is -0.477. The number of imidazole rings is 1. The molecule has 0 aromatic carbocycles. The van der Waals surface area contributed by atoms with Gasteiger partial charge in [0.05, 0.1) is 0 Å². The molecule has 0 saturated carbocycles. The van der Waals surface area contributed by atoms with E-state index >= 15 is 0 Å². The number of aromatic nitrogens is 2. The molecule has 8 nitrogen and oxygen atoms in total. The van der Waals surface area contributed by atoms with E-state index in [4.69, 9.17) is 4.74 Å². The Kier molecular flexibility index (Phi) is 5.96. The van der Waals surface area contributed by atoms with Crippen molar-refractivity contribution >= 4 is 11.8 Å². The third kappa shape index (κ3) is 4.07. The zero-order valence-electron chi connectivity index (χ0n) is 16.4. The molecule has 0 radical (unpaired) electrons. The second-order valence-corrected chi connectivity index (χ2v) is 8.27. The minimum atomic E-state index is -0.477. The lowest BCUT2D eigenvalue weighted by atomic mass is 9.84. The first-order valence-electron chi connectivity index (χ1n) is 10.6. The minimum Gasteiger partial charge on any atom is -0.381 e. The highest BCUT2D eigenvalue weighted by molar-refractivity contribution is 5.87. The zero-order chi connectivity index (χ0) is 19.4. The van der Waals surface area contributed by atoms with E-state index < -0.39 is 5.54 Å². The van der Waals surface area contributed by atoms with Gasteiger partial charge in [-0.3, -0.25) is 14.5 Å². The summed E-state index contributed by atoms with van der Waals surface area (Å²) in [6, 6.07) is 0.0456. The molecule has 0 aliphatic carbocycles. The molecular weight excluding hydrogens is 358 g/mol. The molecular formula is C20H31N5O3. The summed E-state index contributed by atoms with van der Waals surface area (Å²) in [5.74, 6) is 1.15. The summed E-state index contributed by atoms with van der Waals surface area (Å²) in [7, 11) is 0. The molecule has 1 aromatic rings. The van der Waals surface area contributed by atoms with Crippen LogP contribution < -0.4 is 10.6 Å². The number of amides is 2. The predicted molar refractivity (Wildman–Crippen MR) is 104 cm³/mol. The van der Waals surface area contributed by atoms with Gasteiger partial charge in [-0.1, -0.05) is 0 Å². The lowest BCUT2D eigenvalue weighted by molar-refractivity contribution is -0.134. The molecule has 0 bridgehead atoms. The van der Waals surface area contributed by atoms with E-state index in [2.05, 4.69) is 25.5 Å². The second-order valence-electron chi connectivity index (χ2n) is 8.27. The van der Waals surface area contributed by atoms with Crippen molar-refractivity contribution in [2.75, 3.05) is 32.8 Å². The zero-order valence-corrected chi connectivity index (χ0v) is 16.4. The Morgan fingerprint density at radius 1 is 1.32 bits per heavy atom. The average molecular weight is 390 g/mol. The molecule has 2 atom stereocenters. The number of aromatic amines is 1. The molecule has 154 valence electrons. The molecule has 3 saturated heterocycles. The van der Waals surface area contributed by atoms with Gasteiger partial charge in [0.2, 0.25) is 11.8 Å². The molecule has 4 rings (SSSR count). The first-order chi connectivity index (χ1) is 13.7. The van der Waals surface area contributed by atoms with Crippen LogP contribution in [0.2, 0.25) is 0 Å². The number of piperidine rings is 1. The summed E-state index contributed by atoms with van der Waals surface area (Å²) in [5, 5.41) is 6.35. The van der Waals surface area contributed by atoms with E-state index in [0.717, 1.165) is 51.0 Å². The van der Waals surface area contributed by atoms with Crippen LogP contribution in [0.5, 0.6) is 0 Å². The lowest BCUT2D eigenvalue weighted by Gasteiger charge is -2.40. The Morgan fingerprint density at radius 2 is 2.18 bits per heavy atom. The summed E-state index contributed by atoms with van der Waals surface area (Å²) < 4.78 is 5.36. The van der Waals surface area contributed by atoms with Crippen molar-refractivity contribution in [2.24, 2.45) is 5.92 Å². The van der Waals surface area contributed by atoms with Gasteiger partial charge in [0.1, 0.15) is 11.4 Å². The highest BCUT2D eigenvalue weighted by atomic mass is 16.5. The van der Waals surface area contributed by atoms with Gasteiger partial charge in [0.25, 0.3) is 0 Å². The molecule has 3 fully saturated rings. The summed E-state index contributed by atoms with van der Waals surface area (Å²) in [4.78, 5) is 35.4. The van der Waals surface area contributed by atoms with Crippen molar-refractivity contribution in [1.82, 2.24) is 25.5 Å². The molecule has 0 unspecified atom stereocenters. The fourth-order valence-electron chi connectivity index (χ4n) is 4.95. The molecule has 2 amide bonds. The summed E-state index contributed by atoms with van der Waals surface area (Å²) in [6.45, 7) is 3.59. The van der Waals surface area contributed by atoms with Crippen molar-refractivity contribution in [3.63, 3.8) is 0 Å². The Balaban J connectivity index is 1.35. The van der Waals surface area contributed by atoms with Crippen LogP contribution in [-0.2, 0) is 20.7 Å². The third-order valence-electron chi connectivity index (χ3n) is 6.46. The Labute approximate surface area is 165 Å². The molecule has 4 heterocycles. The standard InChI is InChI=1S/C20H31N5O3/c26-18(15-4-11-28-12-5-15)24-16-13-20(6-1-2-10-25(20)14-16)19(27)23-7-3-17-21-8-9-22-17/h8-9,15-16H,1-7,10-14H2,(H,21,22)(H,23,27)(H,24,26)/t16-,20-/m0/s1. The van der Waals surface area contributed by atoms with Gasteiger partial charge < -0.3 is 20.4 Å². The minimum absolute atomic E-state index is 0.0456. The van der Waals surface area contributed by atoms with Crippen LogP contribution in [0.3, 0.4) is 0 Å². The van der Waals surface area contributed by atoms with E-state index in [1.54, 1.807) is 12.4 Å². The summed E-state index contributed by atoms with van der Waals surface area (Å²) in [6.07, 6.45) is 9.53. The predicted octanol–water partition coefficient (Wildman–Crippen LogP) is 0.608. The van der Waals surface area contributed by atoms with Gasteiger partial charge in [-0.15, -0.1) is 0 Å². The Hall–Kier alpha value is -1.93. The number of carbonyl (C=O) groups is 2. The van der Waals surface area contributed by atoms with Gasteiger partial charge in [-0.05, 0) is 45.1 Å². The van der Waals surface area contributed by atoms with Gasteiger partial charge >= 0.3 is 0 Å². The maximum absolute atomic E-state index is 13.2. The maximum atomic E-state index is 13.2. The number of fused-ring (bicyclic) bond motifs is 1. The normalized spacial score (nSPS) is 28.6. The first kappa shape index (κ1) is 19.4. The van der Waals surface area contributed by atoms with Crippen LogP contribution in [0.4, 0.5) is 0 Å². The van der Waals surface area contributed by atoms with Crippen molar-refractivity contribution < 1.29 is 14.3 Å². The number of hydrogen-bond acceptors (Lipinski definition) is 5. The molecule has 3 aliphatic rings. The van der Waals surface area contributed by atoms with Crippen LogP contribution in [0.1, 0.15) is 44.3 Å². The van der Waals surface area contributed by atoms with Crippen LogP contribution in [0, 0.1) is 5.92 Å². The topological polar surface area (TPSA) is 99.4 Å². The van der Waals surface area contributed by atoms with E-state index in [-0.39, 0.29) is 23.8 Å². The fourth-order valence-corrected chi connectivity index (χ4v) is 4.95. The number of carbonyl (C=O) groups excluding carboxylic acids is 2. The van der Waals surface area contributed by atoms with Crippen molar-refractivity contribution in [3.05, 3.63) is 18.2 Å². The van der Waals surface area contributed by atoms with E-state index in [0.29, 0.717) is 32.6 Å². The molecule has 3 N–H and O–H groups in total. The molecule has 8 heteroatoms. The third-order valence-corrected chi connectivity index (χ3v) is 6.46.